The van der Waals surface area contributed by atoms with Crippen LogP contribution in [0.3, 0.4) is 0 Å². The Bertz CT molecular complexity index is 1240. The molecule has 0 bridgehead atoms. The molecule has 0 saturated carbocycles. The Hall–Kier alpha value is -3.84. The van der Waals surface area contributed by atoms with Crippen molar-refractivity contribution in [3.63, 3.8) is 0 Å². The number of nitrogens with one attached hydrogen (secondary N) is 1. The fourth-order valence-electron chi connectivity index (χ4n) is 2.97. The summed E-state index contributed by atoms with van der Waals surface area (Å²) in [4.78, 5) is 21.5. The van der Waals surface area contributed by atoms with Crippen LogP contribution in [-0.2, 0) is 0 Å². The second-order valence-corrected chi connectivity index (χ2v) is 7.40. The lowest BCUT2D eigenvalue weighted by Crippen LogP contribution is -2.13. The summed E-state index contributed by atoms with van der Waals surface area (Å²) in [7, 11) is 0. The summed E-state index contributed by atoms with van der Waals surface area (Å²) in [6.45, 7) is 0. The van der Waals surface area contributed by atoms with Crippen LogP contribution in [0.25, 0.3) is 26.5 Å². The van der Waals surface area contributed by atoms with Gasteiger partial charge in [0.25, 0.3) is 5.91 Å². The molecule has 0 aliphatic heterocycles. The molecule has 0 unspecified atom stereocenters. The van der Waals surface area contributed by atoms with Crippen LogP contribution in [-0.4, -0.2) is 25.7 Å². The molecule has 0 fully saturated rings. The van der Waals surface area contributed by atoms with Gasteiger partial charge in [0, 0.05) is 29.7 Å². The third kappa shape index (κ3) is 3.51. The van der Waals surface area contributed by atoms with E-state index in [1.807, 2.05) is 48.7 Å². The molecule has 1 amide bonds. The number of hydrogen-bond acceptors (Lipinski definition) is 5. The van der Waals surface area contributed by atoms with Crippen LogP contribution in [0.5, 0.6) is 0 Å². The summed E-state index contributed by atoms with van der Waals surface area (Å²) in [6.07, 6.45) is 5.30. The number of anilines is 1. The van der Waals surface area contributed by atoms with E-state index in [4.69, 9.17) is 0 Å². The summed E-state index contributed by atoms with van der Waals surface area (Å²) in [5.74, 6) is 0.285. The first-order chi connectivity index (χ1) is 14.3. The van der Waals surface area contributed by atoms with E-state index in [-0.39, 0.29) is 5.91 Å². The van der Waals surface area contributed by atoms with E-state index in [0.29, 0.717) is 11.4 Å². The zero-order chi connectivity index (χ0) is 19.6. The standard InChI is InChI=1S/C22H15N5OS/c28-21(15-6-9-17(10-7-15)27-13-3-12-24-27)26-20-11-8-16(14-23-20)22-25-18-4-1-2-5-19(18)29-22/h1-14H,(H,23,26,28). The highest BCUT2D eigenvalue weighted by atomic mass is 32.1. The first-order valence-electron chi connectivity index (χ1n) is 9.00. The molecule has 2 aromatic carbocycles. The number of para-hydroxylation sites is 1. The van der Waals surface area contributed by atoms with E-state index in [1.54, 1.807) is 46.6 Å². The van der Waals surface area contributed by atoms with Crippen molar-refractivity contribution in [2.24, 2.45) is 0 Å². The van der Waals surface area contributed by atoms with Crippen LogP contribution >= 0.6 is 11.3 Å². The van der Waals surface area contributed by atoms with Gasteiger partial charge in [0.1, 0.15) is 10.8 Å². The van der Waals surface area contributed by atoms with E-state index in [0.717, 1.165) is 26.5 Å². The maximum atomic E-state index is 12.5. The fraction of sp³-hybridized carbons (Fsp3) is 0. The predicted molar refractivity (Wildman–Crippen MR) is 114 cm³/mol. The molecular formula is C22H15N5OS. The minimum absolute atomic E-state index is 0.211. The molecule has 3 aromatic heterocycles. The Balaban J connectivity index is 1.31. The van der Waals surface area contributed by atoms with Gasteiger partial charge in [0.05, 0.1) is 15.9 Å². The van der Waals surface area contributed by atoms with Crippen molar-refractivity contribution in [2.75, 3.05) is 5.32 Å². The fourth-order valence-corrected chi connectivity index (χ4v) is 3.92. The molecule has 0 radical (unpaired) electrons. The summed E-state index contributed by atoms with van der Waals surface area (Å²) >= 11 is 1.62. The topological polar surface area (TPSA) is 72.7 Å². The molecular weight excluding hydrogens is 382 g/mol. The van der Waals surface area contributed by atoms with E-state index in [1.165, 1.54) is 0 Å². The molecule has 1 N–H and O–H groups in total. The summed E-state index contributed by atoms with van der Waals surface area (Å²) in [5, 5.41) is 7.91. The molecule has 6 nitrogen and oxygen atoms in total. The minimum atomic E-state index is -0.211. The molecule has 140 valence electrons. The van der Waals surface area contributed by atoms with Crippen molar-refractivity contribution in [3.05, 3.63) is 90.9 Å². The van der Waals surface area contributed by atoms with Gasteiger partial charge < -0.3 is 5.32 Å². The zero-order valence-electron chi connectivity index (χ0n) is 15.2. The maximum Gasteiger partial charge on any atom is 0.256 e. The Morgan fingerprint density at radius 3 is 2.55 bits per heavy atom. The van der Waals surface area contributed by atoms with Crippen molar-refractivity contribution < 1.29 is 4.79 Å². The molecule has 29 heavy (non-hydrogen) atoms. The van der Waals surface area contributed by atoms with Gasteiger partial charge in [-0.25, -0.2) is 14.6 Å². The molecule has 0 spiro atoms. The number of amides is 1. The molecule has 5 aromatic rings. The maximum absolute atomic E-state index is 12.5. The van der Waals surface area contributed by atoms with Crippen LogP contribution in [0.2, 0.25) is 0 Å². The number of hydrogen-bond donors (Lipinski definition) is 1. The zero-order valence-corrected chi connectivity index (χ0v) is 16.0. The van der Waals surface area contributed by atoms with Crippen LogP contribution in [0.4, 0.5) is 5.82 Å². The van der Waals surface area contributed by atoms with Crippen LogP contribution in [0, 0.1) is 0 Å². The number of carbonyl (C=O) groups excluding carboxylic acids is 1. The normalized spacial score (nSPS) is 10.9. The summed E-state index contributed by atoms with van der Waals surface area (Å²) in [5.41, 5.74) is 3.35. The largest absolute Gasteiger partial charge is 0.307 e. The second-order valence-electron chi connectivity index (χ2n) is 6.37. The van der Waals surface area contributed by atoms with Gasteiger partial charge in [0.2, 0.25) is 0 Å². The van der Waals surface area contributed by atoms with Gasteiger partial charge in [-0.3, -0.25) is 4.79 Å². The Morgan fingerprint density at radius 2 is 1.83 bits per heavy atom. The average Bonchev–Trinajstić information content (AvgIpc) is 3.44. The number of nitrogens with zero attached hydrogens (tertiary/aromatic N) is 4. The van der Waals surface area contributed by atoms with E-state index in [9.17, 15) is 4.79 Å². The number of aromatic nitrogens is 4. The molecule has 3 heterocycles. The predicted octanol–water partition coefficient (Wildman–Crippen LogP) is 4.80. The van der Waals surface area contributed by atoms with Crippen LogP contribution in [0.15, 0.2) is 85.3 Å². The minimum Gasteiger partial charge on any atom is -0.307 e. The van der Waals surface area contributed by atoms with Crippen LogP contribution < -0.4 is 5.32 Å². The summed E-state index contributed by atoms with van der Waals surface area (Å²) < 4.78 is 2.88. The second kappa shape index (κ2) is 7.29. The Labute approximate surface area is 170 Å². The van der Waals surface area contributed by atoms with Gasteiger partial charge >= 0.3 is 0 Å². The van der Waals surface area contributed by atoms with Gasteiger partial charge in [0.15, 0.2) is 0 Å². The first kappa shape index (κ1) is 17.3. The van der Waals surface area contributed by atoms with Crippen molar-refractivity contribution >= 4 is 33.3 Å². The first-order valence-corrected chi connectivity index (χ1v) is 9.81. The SMILES string of the molecule is O=C(Nc1ccc(-c2nc3ccccc3s2)cn1)c1ccc(-n2cccn2)cc1. The highest BCUT2D eigenvalue weighted by molar-refractivity contribution is 7.21. The third-order valence-electron chi connectivity index (χ3n) is 4.44. The van der Waals surface area contributed by atoms with E-state index >= 15 is 0 Å². The van der Waals surface area contributed by atoms with E-state index in [2.05, 4.69) is 26.4 Å². The van der Waals surface area contributed by atoms with Gasteiger partial charge in [-0.15, -0.1) is 11.3 Å². The van der Waals surface area contributed by atoms with Crippen molar-refractivity contribution in [1.29, 1.82) is 0 Å². The number of benzene rings is 2. The molecule has 5 rings (SSSR count). The monoisotopic (exact) mass is 397 g/mol. The number of pyridine rings is 1. The van der Waals surface area contributed by atoms with Gasteiger partial charge in [-0.1, -0.05) is 12.1 Å². The molecule has 0 aliphatic rings. The molecule has 0 atom stereocenters. The quantitative estimate of drug-likeness (QED) is 0.473. The van der Waals surface area contributed by atoms with Crippen LogP contribution in [0.1, 0.15) is 10.4 Å². The van der Waals surface area contributed by atoms with Crippen molar-refractivity contribution in [2.45, 2.75) is 0 Å². The number of thiazole rings is 1. The lowest BCUT2D eigenvalue weighted by atomic mass is 10.2. The lowest BCUT2D eigenvalue weighted by molar-refractivity contribution is 0.102. The molecule has 0 aliphatic carbocycles. The van der Waals surface area contributed by atoms with E-state index < -0.39 is 0 Å². The Morgan fingerprint density at radius 1 is 0.966 bits per heavy atom. The number of rotatable bonds is 4. The van der Waals surface area contributed by atoms with Crippen molar-refractivity contribution in [1.82, 2.24) is 19.7 Å². The van der Waals surface area contributed by atoms with Gasteiger partial charge in [-0.05, 0) is 54.6 Å². The average molecular weight is 397 g/mol. The number of carbonyl (C=O) groups is 1. The lowest BCUT2D eigenvalue weighted by Gasteiger charge is -2.06. The number of fused-ring (bicyclic) bond motifs is 1. The smallest absolute Gasteiger partial charge is 0.256 e. The van der Waals surface area contributed by atoms with Gasteiger partial charge in [-0.2, -0.15) is 5.10 Å². The highest BCUT2D eigenvalue weighted by Gasteiger charge is 2.09. The van der Waals surface area contributed by atoms with Crippen molar-refractivity contribution in [3.8, 4) is 16.3 Å². The third-order valence-corrected chi connectivity index (χ3v) is 5.53. The highest BCUT2D eigenvalue weighted by Crippen LogP contribution is 2.29. The Kier molecular flexibility index (Phi) is 4.34. The molecule has 7 heteroatoms. The molecule has 0 saturated heterocycles. The summed E-state index contributed by atoms with van der Waals surface area (Å²) in [6, 6.07) is 20.8.